The fourth-order valence-electron chi connectivity index (χ4n) is 3.25. The average Bonchev–Trinajstić information content (AvgIpc) is 3.14. The monoisotopic (exact) mass is 358 g/mol. The first-order valence-corrected chi connectivity index (χ1v) is 8.34. The van der Waals surface area contributed by atoms with E-state index in [1.165, 1.54) is 0 Å². The van der Waals surface area contributed by atoms with Crippen LogP contribution in [0, 0.1) is 18.3 Å². The molecule has 0 aromatic carbocycles. The van der Waals surface area contributed by atoms with Gasteiger partial charge in [-0.1, -0.05) is 16.8 Å². The van der Waals surface area contributed by atoms with Crippen LogP contribution in [0.4, 0.5) is 5.82 Å². The number of hydrogen-bond acceptors (Lipinski definition) is 7. The van der Waals surface area contributed by atoms with Crippen LogP contribution in [0.2, 0.25) is 5.02 Å². The molecule has 0 radical (unpaired) electrons. The van der Waals surface area contributed by atoms with Crippen LogP contribution in [0.5, 0.6) is 0 Å². The van der Waals surface area contributed by atoms with E-state index in [2.05, 4.69) is 15.1 Å². The molecule has 2 aromatic rings. The van der Waals surface area contributed by atoms with Crippen molar-refractivity contribution in [2.45, 2.75) is 25.3 Å². The zero-order chi connectivity index (χ0) is 17.6. The standard InChI is InChI=1S/C16H15ClN6O2/c1-9-19-16(25-21-9)10-4-15(24)23(6-10)11-7-22(8-11)14-3-2-12(17)13(5-18)20-14/h2-3,10-11H,4,6-8H2,1H3. The molecule has 9 heteroatoms. The fourth-order valence-corrected chi connectivity index (χ4v) is 3.40. The summed E-state index contributed by atoms with van der Waals surface area (Å²) in [5.41, 5.74) is 0.215. The van der Waals surface area contributed by atoms with Crippen LogP contribution in [-0.2, 0) is 4.79 Å². The van der Waals surface area contributed by atoms with Gasteiger partial charge in [0.2, 0.25) is 11.8 Å². The molecular weight excluding hydrogens is 344 g/mol. The minimum atomic E-state index is -0.0402. The molecule has 4 heterocycles. The third kappa shape index (κ3) is 2.81. The van der Waals surface area contributed by atoms with Gasteiger partial charge in [-0.15, -0.1) is 0 Å². The topological polar surface area (TPSA) is 99.2 Å². The van der Waals surface area contributed by atoms with Gasteiger partial charge < -0.3 is 14.3 Å². The molecule has 2 aliphatic heterocycles. The number of anilines is 1. The highest BCUT2D eigenvalue weighted by Gasteiger charge is 2.42. The van der Waals surface area contributed by atoms with E-state index in [1.54, 1.807) is 19.1 Å². The summed E-state index contributed by atoms with van der Waals surface area (Å²) in [4.78, 5) is 24.7. The summed E-state index contributed by atoms with van der Waals surface area (Å²) in [6.45, 7) is 3.72. The number of aromatic nitrogens is 3. The molecule has 8 nitrogen and oxygen atoms in total. The van der Waals surface area contributed by atoms with E-state index in [0.717, 1.165) is 0 Å². The van der Waals surface area contributed by atoms with Gasteiger partial charge in [-0.2, -0.15) is 10.2 Å². The second-order valence-electron chi connectivity index (χ2n) is 6.30. The Balaban J connectivity index is 1.41. The highest BCUT2D eigenvalue weighted by atomic mass is 35.5. The Bertz CT molecular complexity index is 870. The Kier molecular flexibility index (Phi) is 3.81. The zero-order valence-corrected chi connectivity index (χ0v) is 14.3. The molecule has 1 amide bonds. The summed E-state index contributed by atoms with van der Waals surface area (Å²) in [5.74, 6) is 1.88. The van der Waals surface area contributed by atoms with Gasteiger partial charge in [-0.3, -0.25) is 4.79 Å². The molecular formula is C16H15ClN6O2. The maximum Gasteiger partial charge on any atom is 0.232 e. The number of nitrogens with zero attached hydrogens (tertiary/aromatic N) is 6. The van der Waals surface area contributed by atoms with Gasteiger partial charge in [0.25, 0.3) is 0 Å². The van der Waals surface area contributed by atoms with E-state index in [9.17, 15) is 4.79 Å². The Hall–Kier alpha value is -2.66. The number of carbonyl (C=O) groups excluding carboxylic acids is 1. The summed E-state index contributed by atoms with van der Waals surface area (Å²) >= 11 is 5.91. The molecule has 4 rings (SSSR count). The SMILES string of the molecule is Cc1noc(C2CC(=O)N(C3CN(c4ccc(Cl)c(C#N)n4)C3)C2)n1. The number of nitriles is 1. The van der Waals surface area contributed by atoms with Crippen LogP contribution in [0.3, 0.4) is 0 Å². The second kappa shape index (κ2) is 6.01. The van der Waals surface area contributed by atoms with Crippen molar-refractivity contribution in [3.05, 3.63) is 34.6 Å². The van der Waals surface area contributed by atoms with Crippen molar-refractivity contribution in [3.63, 3.8) is 0 Å². The van der Waals surface area contributed by atoms with E-state index in [4.69, 9.17) is 21.4 Å². The predicted molar refractivity (Wildman–Crippen MR) is 88.1 cm³/mol. The highest BCUT2D eigenvalue weighted by molar-refractivity contribution is 6.31. The van der Waals surface area contributed by atoms with Crippen molar-refractivity contribution in [3.8, 4) is 6.07 Å². The number of likely N-dealkylation sites (tertiary alicyclic amines) is 1. The van der Waals surface area contributed by atoms with Gasteiger partial charge in [0.15, 0.2) is 11.5 Å². The molecule has 0 spiro atoms. The molecule has 25 heavy (non-hydrogen) atoms. The second-order valence-corrected chi connectivity index (χ2v) is 6.70. The Labute approximate surface area is 149 Å². The van der Waals surface area contributed by atoms with E-state index in [-0.39, 0.29) is 23.6 Å². The summed E-state index contributed by atoms with van der Waals surface area (Å²) < 4.78 is 5.20. The van der Waals surface area contributed by atoms with Crippen LogP contribution in [-0.4, -0.2) is 51.6 Å². The number of carbonyl (C=O) groups is 1. The fraction of sp³-hybridized carbons (Fsp3) is 0.438. The van der Waals surface area contributed by atoms with Crippen LogP contribution in [0.1, 0.15) is 29.7 Å². The molecule has 2 aromatic heterocycles. The lowest BCUT2D eigenvalue weighted by Gasteiger charge is -2.44. The summed E-state index contributed by atoms with van der Waals surface area (Å²) in [6, 6.07) is 5.57. The van der Waals surface area contributed by atoms with Gasteiger partial charge in [0, 0.05) is 26.1 Å². The molecule has 1 unspecified atom stereocenters. The molecule has 0 aliphatic carbocycles. The number of aryl methyl sites for hydroxylation is 1. The lowest BCUT2D eigenvalue weighted by atomic mass is 10.1. The minimum Gasteiger partial charge on any atom is -0.352 e. The number of pyridine rings is 1. The maximum atomic E-state index is 12.3. The van der Waals surface area contributed by atoms with Gasteiger partial charge in [-0.05, 0) is 19.1 Å². The molecule has 2 fully saturated rings. The number of halogens is 1. The number of hydrogen-bond donors (Lipinski definition) is 0. The van der Waals surface area contributed by atoms with Crippen LogP contribution in [0.15, 0.2) is 16.7 Å². The van der Waals surface area contributed by atoms with Crippen molar-refractivity contribution in [2.24, 2.45) is 0 Å². The molecule has 2 aliphatic rings. The zero-order valence-electron chi connectivity index (χ0n) is 13.5. The van der Waals surface area contributed by atoms with Gasteiger partial charge in [0.05, 0.1) is 17.0 Å². The molecule has 0 bridgehead atoms. The number of rotatable bonds is 3. The molecule has 128 valence electrons. The van der Waals surface area contributed by atoms with E-state index >= 15 is 0 Å². The lowest BCUT2D eigenvalue weighted by Crippen LogP contribution is -2.60. The average molecular weight is 359 g/mol. The quantitative estimate of drug-likeness (QED) is 0.819. The third-order valence-corrected chi connectivity index (χ3v) is 4.92. The Morgan fingerprint density at radius 1 is 1.32 bits per heavy atom. The van der Waals surface area contributed by atoms with Gasteiger partial charge in [0.1, 0.15) is 11.9 Å². The molecule has 0 N–H and O–H groups in total. The molecule has 0 saturated carbocycles. The minimum absolute atomic E-state index is 0.0402. The van der Waals surface area contributed by atoms with E-state index < -0.39 is 0 Å². The smallest absolute Gasteiger partial charge is 0.232 e. The highest BCUT2D eigenvalue weighted by Crippen LogP contribution is 2.32. The predicted octanol–water partition coefficient (Wildman–Crippen LogP) is 1.50. The van der Waals surface area contributed by atoms with Crippen LogP contribution < -0.4 is 4.90 Å². The van der Waals surface area contributed by atoms with Crippen LogP contribution in [0.25, 0.3) is 0 Å². The summed E-state index contributed by atoms with van der Waals surface area (Å²) in [5, 5.41) is 13.2. The van der Waals surface area contributed by atoms with Crippen molar-refractivity contribution >= 4 is 23.3 Å². The first-order valence-electron chi connectivity index (χ1n) is 7.96. The van der Waals surface area contributed by atoms with E-state index in [0.29, 0.717) is 48.6 Å². The van der Waals surface area contributed by atoms with Crippen molar-refractivity contribution in [1.82, 2.24) is 20.0 Å². The lowest BCUT2D eigenvalue weighted by molar-refractivity contribution is -0.130. The largest absolute Gasteiger partial charge is 0.352 e. The third-order valence-electron chi connectivity index (χ3n) is 4.62. The number of amides is 1. The molecule has 1 atom stereocenters. The summed E-state index contributed by atoms with van der Waals surface area (Å²) in [7, 11) is 0. The van der Waals surface area contributed by atoms with Gasteiger partial charge in [-0.25, -0.2) is 4.98 Å². The maximum absolute atomic E-state index is 12.3. The first-order chi connectivity index (χ1) is 12.0. The Morgan fingerprint density at radius 3 is 2.80 bits per heavy atom. The van der Waals surface area contributed by atoms with Crippen molar-refractivity contribution in [2.75, 3.05) is 24.5 Å². The summed E-state index contributed by atoms with van der Waals surface area (Å²) in [6.07, 6.45) is 0.399. The van der Waals surface area contributed by atoms with Gasteiger partial charge >= 0.3 is 0 Å². The normalized spacial score (nSPS) is 20.7. The Morgan fingerprint density at radius 2 is 2.12 bits per heavy atom. The molecule has 2 saturated heterocycles. The van der Waals surface area contributed by atoms with Crippen molar-refractivity contribution < 1.29 is 9.32 Å². The first kappa shape index (κ1) is 15.8. The van der Waals surface area contributed by atoms with E-state index in [1.807, 2.05) is 15.9 Å². The van der Waals surface area contributed by atoms with Crippen LogP contribution >= 0.6 is 11.6 Å². The van der Waals surface area contributed by atoms with Crippen molar-refractivity contribution in [1.29, 1.82) is 5.26 Å².